The van der Waals surface area contributed by atoms with Gasteiger partial charge in [0, 0.05) is 28.2 Å². The summed E-state index contributed by atoms with van der Waals surface area (Å²) in [6, 6.07) is 9.31. The molecule has 0 unspecified atom stereocenters. The van der Waals surface area contributed by atoms with E-state index in [1.807, 2.05) is 26.8 Å². The summed E-state index contributed by atoms with van der Waals surface area (Å²) >= 11 is 12.7. The average Bonchev–Trinajstić information content (AvgIpc) is 2.72. The fourth-order valence-electron chi connectivity index (χ4n) is 3.42. The Hall–Kier alpha value is -2.29. The number of amides is 2. The molecule has 7 nitrogen and oxygen atoms in total. The van der Waals surface area contributed by atoms with Crippen molar-refractivity contribution >= 4 is 50.7 Å². The van der Waals surface area contributed by atoms with Gasteiger partial charge in [0.15, 0.2) is 0 Å². The second-order valence-corrected chi connectivity index (χ2v) is 11.3. The zero-order valence-electron chi connectivity index (χ0n) is 20.2. The lowest BCUT2D eigenvalue weighted by Gasteiger charge is -2.32. The third kappa shape index (κ3) is 7.10. The third-order valence-electron chi connectivity index (χ3n) is 5.30. The standard InChI is InChI=1S/C24H31Cl2N3O4S/c1-15(2)27-24(31)18(5)28(13-19-20(25)8-7-9-21(19)26)23(30)14-29(34(6,32)33)22-12-16(3)10-11-17(22)4/h7-12,15,18H,13-14H2,1-6H3,(H,27,31)/t18-/m0/s1. The van der Waals surface area contributed by atoms with Crippen LogP contribution in [0.1, 0.15) is 37.5 Å². The number of nitrogens with one attached hydrogen (secondary N) is 1. The zero-order valence-corrected chi connectivity index (χ0v) is 22.6. The predicted octanol–water partition coefficient (Wildman–Crippen LogP) is 4.32. The van der Waals surface area contributed by atoms with Gasteiger partial charge in [-0.15, -0.1) is 0 Å². The van der Waals surface area contributed by atoms with E-state index in [0.29, 0.717) is 26.9 Å². The SMILES string of the molecule is Cc1ccc(C)c(N(CC(=O)N(Cc2c(Cl)cccc2Cl)[C@@H](C)C(=O)NC(C)C)S(C)(=O)=O)c1. The van der Waals surface area contributed by atoms with Gasteiger partial charge >= 0.3 is 0 Å². The van der Waals surface area contributed by atoms with E-state index < -0.39 is 28.5 Å². The molecule has 0 saturated heterocycles. The summed E-state index contributed by atoms with van der Waals surface area (Å²) < 4.78 is 26.5. The van der Waals surface area contributed by atoms with Gasteiger partial charge in [0.25, 0.3) is 0 Å². The Labute approximate surface area is 212 Å². The molecule has 186 valence electrons. The molecule has 34 heavy (non-hydrogen) atoms. The molecule has 0 fully saturated rings. The molecular weight excluding hydrogens is 497 g/mol. The zero-order chi connectivity index (χ0) is 25.8. The van der Waals surface area contributed by atoms with Crippen molar-refractivity contribution in [3.8, 4) is 0 Å². The number of sulfonamides is 1. The monoisotopic (exact) mass is 527 g/mol. The van der Waals surface area contributed by atoms with Crippen LogP contribution in [0.2, 0.25) is 10.0 Å². The first-order chi connectivity index (χ1) is 15.7. The Morgan fingerprint density at radius 2 is 1.62 bits per heavy atom. The molecule has 0 aliphatic rings. The van der Waals surface area contributed by atoms with Crippen molar-refractivity contribution in [2.45, 2.75) is 53.2 Å². The molecule has 2 aromatic carbocycles. The van der Waals surface area contributed by atoms with Crippen LogP contribution in [0.5, 0.6) is 0 Å². The van der Waals surface area contributed by atoms with Crippen LogP contribution >= 0.6 is 23.2 Å². The molecule has 0 radical (unpaired) electrons. The summed E-state index contributed by atoms with van der Waals surface area (Å²) in [7, 11) is -3.81. The Morgan fingerprint density at radius 1 is 1.03 bits per heavy atom. The van der Waals surface area contributed by atoms with Crippen LogP contribution in [-0.4, -0.2) is 50.0 Å². The fourth-order valence-corrected chi connectivity index (χ4v) is 4.84. The lowest BCUT2D eigenvalue weighted by Crippen LogP contribution is -2.52. The molecule has 1 atom stereocenters. The van der Waals surface area contributed by atoms with Gasteiger partial charge in [0.2, 0.25) is 21.8 Å². The first kappa shape index (κ1) is 28.0. The van der Waals surface area contributed by atoms with Gasteiger partial charge in [-0.05, 0) is 63.9 Å². The maximum atomic E-state index is 13.6. The predicted molar refractivity (Wildman–Crippen MR) is 138 cm³/mol. The Morgan fingerprint density at radius 3 is 2.15 bits per heavy atom. The van der Waals surface area contributed by atoms with Crippen molar-refractivity contribution in [1.82, 2.24) is 10.2 Å². The largest absolute Gasteiger partial charge is 0.352 e. The van der Waals surface area contributed by atoms with Gasteiger partial charge in [-0.25, -0.2) is 8.42 Å². The molecule has 0 aromatic heterocycles. The number of rotatable bonds is 9. The summed E-state index contributed by atoms with van der Waals surface area (Å²) in [5, 5.41) is 3.48. The lowest BCUT2D eigenvalue weighted by atomic mass is 10.1. The second kappa shape index (κ2) is 11.4. The van der Waals surface area contributed by atoms with Crippen LogP contribution in [0.3, 0.4) is 0 Å². The number of carbonyl (C=O) groups excluding carboxylic acids is 2. The molecule has 0 bridgehead atoms. The summed E-state index contributed by atoms with van der Waals surface area (Å²) in [6.07, 6.45) is 1.05. The van der Waals surface area contributed by atoms with Crippen molar-refractivity contribution in [1.29, 1.82) is 0 Å². The highest BCUT2D eigenvalue weighted by Gasteiger charge is 2.31. The topological polar surface area (TPSA) is 86.8 Å². The molecule has 2 rings (SSSR count). The van der Waals surface area contributed by atoms with E-state index in [0.717, 1.165) is 16.1 Å². The smallest absolute Gasteiger partial charge is 0.244 e. The quantitative estimate of drug-likeness (QED) is 0.526. The van der Waals surface area contributed by atoms with E-state index in [9.17, 15) is 18.0 Å². The molecule has 0 spiro atoms. The first-order valence-corrected chi connectivity index (χ1v) is 13.4. The van der Waals surface area contributed by atoms with Crippen LogP contribution in [0.4, 0.5) is 5.69 Å². The minimum absolute atomic E-state index is 0.0611. The summed E-state index contributed by atoms with van der Waals surface area (Å²) in [4.78, 5) is 27.7. The maximum Gasteiger partial charge on any atom is 0.244 e. The summed E-state index contributed by atoms with van der Waals surface area (Å²) in [5.41, 5.74) is 2.44. The van der Waals surface area contributed by atoms with Gasteiger partial charge < -0.3 is 10.2 Å². The number of hydrogen-bond donors (Lipinski definition) is 1. The van der Waals surface area contributed by atoms with E-state index in [4.69, 9.17) is 23.2 Å². The van der Waals surface area contributed by atoms with Crippen molar-refractivity contribution in [2.24, 2.45) is 0 Å². The molecule has 1 N–H and O–H groups in total. The molecule has 2 amide bonds. The molecule has 0 aliphatic heterocycles. The molecule has 0 heterocycles. The lowest BCUT2D eigenvalue weighted by molar-refractivity contribution is -0.139. The van der Waals surface area contributed by atoms with E-state index in [2.05, 4.69) is 5.32 Å². The van der Waals surface area contributed by atoms with Gasteiger partial charge in [-0.2, -0.15) is 0 Å². The number of benzene rings is 2. The number of anilines is 1. The van der Waals surface area contributed by atoms with Gasteiger partial charge in [-0.3, -0.25) is 13.9 Å². The number of aryl methyl sites for hydroxylation is 2. The van der Waals surface area contributed by atoms with Crippen LogP contribution in [-0.2, 0) is 26.2 Å². The molecule has 10 heteroatoms. The van der Waals surface area contributed by atoms with Crippen LogP contribution in [0.25, 0.3) is 0 Å². The number of carbonyl (C=O) groups is 2. The van der Waals surface area contributed by atoms with Crippen LogP contribution in [0.15, 0.2) is 36.4 Å². The van der Waals surface area contributed by atoms with Crippen molar-refractivity contribution in [3.63, 3.8) is 0 Å². The third-order valence-corrected chi connectivity index (χ3v) is 7.14. The van der Waals surface area contributed by atoms with Crippen molar-refractivity contribution in [3.05, 3.63) is 63.1 Å². The Bertz CT molecular complexity index is 1150. The highest BCUT2D eigenvalue weighted by molar-refractivity contribution is 7.92. The highest BCUT2D eigenvalue weighted by atomic mass is 35.5. The van der Waals surface area contributed by atoms with Gasteiger partial charge in [0.1, 0.15) is 12.6 Å². The Kier molecular flexibility index (Phi) is 9.39. The van der Waals surface area contributed by atoms with Gasteiger partial charge in [-0.1, -0.05) is 41.4 Å². The van der Waals surface area contributed by atoms with Crippen LogP contribution in [0, 0.1) is 13.8 Å². The van der Waals surface area contributed by atoms with Crippen molar-refractivity contribution < 1.29 is 18.0 Å². The highest BCUT2D eigenvalue weighted by Crippen LogP contribution is 2.28. The van der Waals surface area contributed by atoms with Crippen LogP contribution < -0.4 is 9.62 Å². The summed E-state index contributed by atoms with van der Waals surface area (Å²) in [6.45, 7) is 8.29. The Balaban J connectivity index is 2.50. The van der Waals surface area contributed by atoms with Gasteiger partial charge in [0.05, 0.1) is 11.9 Å². The van der Waals surface area contributed by atoms with E-state index >= 15 is 0 Å². The van der Waals surface area contributed by atoms with E-state index in [1.165, 1.54) is 4.90 Å². The van der Waals surface area contributed by atoms with Crippen molar-refractivity contribution in [2.75, 3.05) is 17.1 Å². The number of nitrogens with zero attached hydrogens (tertiary/aromatic N) is 2. The molecular formula is C24H31Cl2N3O4S. The number of halogens is 2. The molecule has 0 saturated carbocycles. The number of hydrogen-bond acceptors (Lipinski definition) is 4. The minimum atomic E-state index is -3.81. The molecule has 2 aromatic rings. The normalized spacial score (nSPS) is 12.4. The van der Waals surface area contributed by atoms with E-state index in [-0.39, 0.29) is 18.5 Å². The van der Waals surface area contributed by atoms with E-state index in [1.54, 1.807) is 44.2 Å². The second-order valence-electron chi connectivity index (χ2n) is 8.62. The maximum absolute atomic E-state index is 13.6. The minimum Gasteiger partial charge on any atom is -0.352 e. The molecule has 0 aliphatic carbocycles. The first-order valence-electron chi connectivity index (χ1n) is 10.8. The summed E-state index contributed by atoms with van der Waals surface area (Å²) in [5.74, 6) is -0.933. The fraction of sp³-hybridized carbons (Fsp3) is 0.417. The average molecular weight is 529 g/mol.